The Bertz CT molecular complexity index is 517. The number of nitrogens with zero attached hydrogens (tertiary/aromatic N) is 1. The molecule has 1 aromatic carbocycles. The van der Waals surface area contributed by atoms with Gasteiger partial charge in [0, 0.05) is 5.75 Å². The summed E-state index contributed by atoms with van der Waals surface area (Å²) in [5.74, 6) is -0.216. The van der Waals surface area contributed by atoms with Gasteiger partial charge in [-0.25, -0.2) is 4.79 Å². The minimum Gasteiger partial charge on any atom is -0.484 e. The van der Waals surface area contributed by atoms with E-state index in [0.717, 1.165) is 6.42 Å². The van der Waals surface area contributed by atoms with Gasteiger partial charge in [-0.2, -0.15) is 0 Å². The highest BCUT2D eigenvalue weighted by Crippen LogP contribution is 2.28. The molecular weight excluding hydrogens is 290 g/mol. The molecule has 0 bridgehead atoms. The SMILES string of the molecule is CCc1ccc(OCC(=O)N2C(C)SCC2C(=O)O)cc1. The van der Waals surface area contributed by atoms with Gasteiger partial charge in [-0.15, -0.1) is 11.8 Å². The van der Waals surface area contributed by atoms with E-state index in [9.17, 15) is 9.59 Å². The van der Waals surface area contributed by atoms with Crippen LogP contribution in [0.25, 0.3) is 0 Å². The lowest BCUT2D eigenvalue weighted by Gasteiger charge is -2.24. The molecule has 6 heteroatoms. The first kappa shape index (κ1) is 15.7. The fraction of sp³-hybridized carbons (Fsp3) is 0.467. The van der Waals surface area contributed by atoms with Gasteiger partial charge >= 0.3 is 5.97 Å². The topological polar surface area (TPSA) is 66.8 Å². The standard InChI is InChI=1S/C15H19NO4S/c1-3-11-4-6-12(7-5-11)20-8-14(17)16-10(2)21-9-13(16)15(18)19/h4-7,10,13H,3,8-9H2,1-2H3,(H,18,19). The molecule has 21 heavy (non-hydrogen) atoms. The molecular formula is C15H19NO4S. The third-order valence-electron chi connectivity index (χ3n) is 3.49. The highest BCUT2D eigenvalue weighted by atomic mass is 32.2. The Balaban J connectivity index is 1.95. The maximum absolute atomic E-state index is 12.2. The predicted molar refractivity (Wildman–Crippen MR) is 81.5 cm³/mol. The number of carbonyl (C=O) groups excluding carboxylic acids is 1. The van der Waals surface area contributed by atoms with Gasteiger partial charge in [0.05, 0.1) is 5.37 Å². The summed E-state index contributed by atoms with van der Waals surface area (Å²) in [5.41, 5.74) is 1.20. The van der Waals surface area contributed by atoms with Crippen LogP contribution in [-0.2, 0) is 16.0 Å². The zero-order valence-electron chi connectivity index (χ0n) is 12.1. The molecule has 1 N–H and O–H groups in total. The minimum atomic E-state index is -0.965. The van der Waals surface area contributed by atoms with Crippen LogP contribution in [-0.4, -0.2) is 45.7 Å². The fourth-order valence-electron chi connectivity index (χ4n) is 2.25. The maximum Gasteiger partial charge on any atom is 0.327 e. The van der Waals surface area contributed by atoms with Crippen molar-refractivity contribution >= 4 is 23.6 Å². The summed E-state index contributed by atoms with van der Waals surface area (Å²) in [6, 6.07) is 6.79. The second-order valence-corrected chi connectivity index (χ2v) is 6.22. The van der Waals surface area contributed by atoms with Crippen molar-refractivity contribution in [3.8, 4) is 5.75 Å². The van der Waals surface area contributed by atoms with Crippen LogP contribution in [0.15, 0.2) is 24.3 Å². The zero-order valence-corrected chi connectivity index (χ0v) is 12.9. The van der Waals surface area contributed by atoms with Crippen molar-refractivity contribution < 1.29 is 19.4 Å². The van der Waals surface area contributed by atoms with Crippen molar-refractivity contribution in [2.45, 2.75) is 31.7 Å². The van der Waals surface area contributed by atoms with E-state index in [4.69, 9.17) is 9.84 Å². The second-order valence-electron chi connectivity index (χ2n) is 4.87. The number of carboxylic acids is 1. The van der Waals surface area contributed by atoms with E-state index in [1.165, 1.54) is 22.2 Å². The number of hydrogen-bond acceptors (Lipinski definition) is 4. The lowest BCUT2D eigenvalue weighted by atomic mass is 10.2. The molecule has 0 saturated carbocycles. The minimum absolute atomic E-state index is 0.135. The molecule has 2 atom stereocenters. The van der Waals surface area contributed by atoms with Crippen LogP contribution in [0.1, 0.15) is 19.4 Å². The Labute approximate surface area is 128 Å². The van der Waals surface area contributed by atoms with E-state index >= 15 is 0 Å². The molecule has 1 amide bonds. The highest BCUT2D eigenvalue weighted by molar-refractivity contribution is 8.00. The van der Waals surface area contributed by atoms with Gasteiger partial charge in [0.15, 0.2) is 6.61 Å². The Morgan fingerprint density at radius 1 is 1.38 bits per heavy atom. The third kappa shape index (κ3) is 3.69. The molecule has 0 aromatic heterocycles. The van der Waals surface area contributed by atoms with Crippen molar-refractivity contribution in [1.29, 1.82) is 0 Å². The fourth-order valence-corrected chi connectivity index (χ4v) is 3.44. The molecule has 1 saturated heterocycles. The van der Waals surface area contributed by atoms with E-state index in [-0.39, 0.29) is 17.9 Å². The van der Waals surface area contributed by atoms with Crippen LogP contribution in [0.4, 0.5) is 0 Å². The van der Waals surface area contributed by atoms with E-state index in [0.29, 0.717) is 11.5 Å². The van der Waals surface area contributed by atoms with Crippen molar-refractivity contribution in [3.05, 3.63) is 29.8 Å². The van der Waals surface area contributed by atoms with Crippen LogP contribution in [0, 0.1) is 0 Å². The van der Waals surface area contributed by atoms with Crippen LogP contribution in [0.3, 0.4) is 0 Å². The van der Waals surface area contributed by atoms with Crippen molar-refractivity contribution in [2.24, 2.45) is 0 Å². The number of hydrogen-bond donors (Lipinski definition) is 1. The largest absolute Gasteiger partial charge is 0.484 e. The number of aryl methyl sites for hydroxylation is 1. The van der Waals surface area contributed by atoms with Crippen LogP contribution < -0.4 is 4.74 Å². The summed E-state index contributed by atoms with van der Waals surface area (Å²) < 4.78 is 5.46. The van der Waals surface area contributed by atoms with Crippen LogP contribution in [0.5, 0.6) is 5.75 Å². The van der Waals surface area contributed by atoms with Gasteiger partial charge in [-0.3, -0.25) is 4.79 Å². The molecule has 1 aromatic rings. The van der Waals surface area contributed by atoms with Crippen molar-refractivity contribution in [2.75, 3.05) is 12.4 Å². The quantitative estimate of drug-likeness (QED) is 0.901. The monoisotopic (exact) mass is 309 g/mol. The second kappa shape index (κ2) is 6.85. The van der Waals surface area contributed by atoms with Crippen LogP contribution in [0.2, 0.25) is 0 Å². The molecule has 1 heterocycles. The first-order chi connectivity index (χ1) is 10.0. The Kier molecular flexibility index (Phi) is 5.12. The van der Waals surface area contributed by atoms with Gasteiger partial charge in [-0.05, 0) is 31.0 Å². The zero-order chi connectivity index (χ0) is 15.4. The maximum atomic E-state index is 12.2. The summed E-state index contributed by atoms with van der Waals surface area (Å²) in [6.07, 6.45) is 0.946. The Morgan fingerprint density at radius 2 is 2.05 bits per heavy atom. The summed E-state index contributed by atoms with van der Waals surface area (Å²) in [5, 5.41) is 9.01. The molecule has 1 fully saturated rings. The number of carbonyl (C=O) groups is 2. The normalized spacial score (nSPS) is 21.3. The predicted octanol–water partition coefficient (Wildman–Crippen LogP) is 2.00. The summed E-state index contributed by atoms with van der Waals surface area (Å²) >= 11 is 1.47. The first-order valence-corrected chi connectivity index (χ1v) is 7.95. The molecule has 0 spiro atoms. The average molecular weight is 309 g/mol. The summed E-state index contributed by atoms with van der Waals surface area (Å²) in [4.78, 5) is 24.7. The van der Waals surface area contributed by atoms with Gasteiger partial charge in [0.2, 0.25) is 0 Å². The molecule has 2 unspecified atom stereocenters. The number of amides is 1. The molecule has 0 aliphatic carbocycles. The number of aliphatic carboxylic acids is 1. The lowest BCUT2D eigenvalue weighted by Crippen LogP contribution is -2.46. The summed E-state index contributed by atoms with van der Waals surface area (Å²) in [6.45, 7) is 3.76. The highest BCUT2D eigenvalue weighted by Gasteiger charge is 2.39. The molecule has 5 nitrogen and oxygen atoms in total. The number of carboxylic acid groups (broad SMARTS) is 1. The molecule has 2 rings (SSSR count). The van der Waals surface area contributed by atoms with Gasteiger partial charge in [-0.1, -0.05) is 19.1 Å². The molecule has 0 radical (unpaired) electrons. The summed E-state index contributed by atoms with van der Waals surface area (Å²) in [7, 11) is 0. The smallest absolute Gasteiger partial charge is 0.327 e. The van der Waals surface area contributed by atoms with E-state index in [1.54, 1.807) is 0 Å². The van der Waals surface area contributed by atoms with E-state index in [2.05, 4.69) is 6.92 Å². The molecule has 1 aliphatic rings. The average Bonchev–Trinajstić information content (AvgIpc) is 2.87. The number of thioether (sulfide) groups is 1. The number of rotatable bonds is 5. The van der Waals surface area contributed by atoms with E-state index in [1.807, 2.05) is 31.2 Å². The third-order valence-corrected chi connectivity index (χ3v) is 4.71. The number of ether oxygens (including phenoxy) is 1. The molecule has 114 valence electrons. The lowest BCUT2D eigenvalue weighted by molar-refractivity contribution is -0.149. The van der Waals surface area contributed by atoms with Crippen molar-refractivity contribution in [1.82, 2.24) is 4.90 Å². The van der Waals surface area contributed by atoms with Gasteiger partial charge < -0.3 is 14.7 Å². The van der Waals surface area contributed by atoms with Crippen molar-refractivity contribution in [3.63, 3.8) is 0 Å². The Morgan fingerprint density at radius 3 is 2.62 bits per heavy atom. The van der Waals surface area contributed by atoms with E-state index < -0.39 is 12.0 Å². The first-order valence-electron chi connectivity index (χ1n) is 6.90. The van der Waals surface area contributed by atoms with Gasteiger partial charge in [0.1, 0.15) is 11.8 Å². The number of benzene rings is 1. The van der Waals surface area contributed by atoms with Crippen LogP contribution >= 0.6 is 11.8 Å². The Hall–Kier alpha value is -1.69. The van der Waals surface area contributed by atoms with Gasteiger partial charge in [0.25, 0.3) is 5.91 Å². The molecule has 1 aliphatic heterocycles.